The second kappa shape index (κ2) is 12.9. The van der Waals surface area contributed by atoms with Crippen LogP contribution < -0.4 is 10.9 Å². The number of thioether (sulfide) groups is 1. The van der Waals surface area contributed by atoms with Crippen LogP contribution in [-0.2, 0) is 22.3 Å². The van der Waals surface area contributed by atoms with Crippen LogP contribution in [0, 0.1) is 11.6 Å². The maximum atomic E-state index is 13.6. The molecule has 0 saturated carbocycles. The molecule has 2 aliphatic heterocycles. The van der Waals surface area contributed by atoms with Gasteiger partial charge in [-0.2, -0.15) is 0 Å². The van der Waals surface area contributed by atoms with Gasteiger partial charge in [0.25, 0.3) is 10.1 Å². The van der Waals surface area contributed by atoms with Crippen molar-refractivity contribution in [2.24, 2.45) is 10.2 Å². The Morgan fingerprint density at radius 1 is 0.622 bits per heavy atom. The highest BCUT2D eigenvalue weighted by atomic mass is 35.5. The fourth-order valence-corrected chi connectivity index (χ4v) is 6.54. The molecule has 0 aliphatic carbocycles. The first-order valence-corrected chi connectivity index (χ1v) is 15.3. The van der Waals surface area contributed by atoms with Crippen molar-refractivity contribution in [1.82, 2.24) is 10.9 Å². The summed E-state index contributed by atoms with van der Waals surface area (Å²) < 4.78 is 39.9. The van der Waals surface area contributed by atoms with Gasteiger partial charge in [0.05, 0.1) is 0 Å². The molecule has 0 fully saturated rings. The molecule has 6 rings (SSSR count). The molecule has 4 aromatic carbocycles. The van der Waals surface area contributed by atoms with Gasteiger partial charge in [-0.15, -0.1) is 10.2 Å². The molecule has 8 nitrogen and oxygen atoms in total. The van der Waals surface area contributed by atoms with Crippen LogP contribution in [0.15, 0.2) is 107 Å². The molecule has 2 heterocycles. The quantitative estimate of drug-likeness (QED) is 0.154. The number of benzene rings is 4. The van der Waals surface area contributed by atoms with Gasteiger partial charge < -0.3 is 19.7 Å². The summed E-state index contributed by atoms with van der Waals surface area (Å²) in [6.45, 7) is 0. The maximum absolute atomic E-state index is 13.6. The second-order valence-corrected chi connectivity index (χ2v) is 12.8. The van der Waals surface area contributed by atoms with Gasteiger partial charge in [0, 0.05) is 22.9 Å². The van der Waals surface area contributed by atoms with E-state index in [2.05, 4.69) is 21.1 Å². The number of hydrogen-bond acceptors (Lipinski definition) is 9. The molecule has 232 valence electrons. The molecular formula is C32H26Cl2F2N4O4S. The highest BCUT2D eigenvalue weighted by molar-refractivity contribution is 8.01. The minimum Gasteiger partial charge on any atom is -0.439 e. The SMILES string of the molecule is OC(C1=NNC(Cc2ccc(Cl)cc2)(SC2(Cc3ccc(Cl)cc3)NN=C(C(O)c3ccc(F)cc3)O2)O1)c1ccc(F)cc1. The van der Waals surface area contributed by atoms with Gasteiger partial charge in [0.15, 0.2) is 12.2 Å². The van der Waals surface area contributed by atoms with Gasteiger partial charge in [-0.3, -0.25) is 10.9 Å². The maximum Gasteiger partial charge on any atom is 0.254 e. The highest BCUT2D eigenvalue weighted by Gasteiger charge is 2.53. The number of nitrogens with zero attached hydrogens (tertiary/aromatic N) is 2. The van der Waals surface area contributed by atoms with Crippen molar-refractivity contribution in [2.45, 2.75) is 35.2 Å². The molecule has 0 saturated heterocycles. The fourth-order valence-electron chi connectivity index (χ4n) is 4.84. The van der Waals surface area contributed by atoms with Crippen molar-refractivity contribution in [3.05, 3.63) is 141 Å². The summed E-state index contributed by atoms with van der Waals surface area (Å²) in [6.07, 6.45) is -2.19. The first kappa shape index (κ1) is 31.1. The number of aliphatic hydroxyl groups excluding tert-OH is 2. The molecule has 4 unspecified atom stereocenters. The van der Waals surface area contributed by atoms with Crippen LogP contribution in [0.25, 0.3) is 0 Å². The zero-order valence-corrected chi connectivity index (χ0v) is 25.7. The smallest absolute Gasteiger partial charge is 0.254 e. The number of halogens is 4. The monoisotopic (exact) mass is 670 g/mol. The summed E-state index contributed by atoms with van der Waals surface area (Å²) in [5.74, 6) is -0.984. The summed E-state index contributed by atoms with van der Waals surface area (Å²) in [5, 5.41) is 29.2. The molecule has 4 atom stereocenters. The molecule has 4 aromatic rings. The van der Waals surface area contributed by atoms with Crippen molar-refractivity contribution in [2.75, 3.05) is 0 Å². The fraction of sp³-hybridized carbons (Fsp3) is 0.188. The summed E-state index contributed by atoms with van der Waals surface area (Å²) in [6, 6.07) is 25.0. The summed E-state index contributed by atoms with van der Waals surface area (Å²) in [5.41, 5.74) is 8.47. The zero-order chi connectivity index (χ0) is 31.6. The molecule has 0 amide bonds. The van der Waals surface area contributed by atoms with Crippen LogP contribution in [0.4, 0.5) is 8.78 Å². The first-order chi connectivity index (χ1) is 21.6. The van der Waals surface area contributed by atoms with E-state index in [-0.39, 0.29) is 24.6 Å². The molecule has 2 aliphatic rings. The number of ether oxygens (including phenoxy) is 2. The predicted molar refractivity (Wildman–Crippen MR) is 169 cm³/mol. The van der Waals surface area contributed by atoms with Crippen molar-refractivity contribution in [3.63, 3.8) is 0 Å². The van der Waals surface area contributed by atoms with Gasteiger partial charge >= 0.3 is 0 Å². The molecule has 0 radical (unpaired) electrons. The molecule has 4 N–H and O–H groups in total. The Bertz CT molecular complexity index is 1590. The standard InChI is InChI=1S/C32H26Cl2F2N4O4S/c33-23-9-1-19(2-10-23)17-31(39-37-29(43-31)27(41)21-5-13-25(35)14-6-21)45-32(18-20-3-11-24(34)12-4-20)40-38-30(44-32)28(42)22-7-15-26(36)16-8-22/h1-16,27-28,39-42H,17-18H2. The van der Waals surface area contributed by atoms with Crippen LogP contribution in [0.1, 0.15) is 34.5 Å². The zero-order valence-electron chi connectivity index (χ0n) is 23.3. The highest BCUT2D eigenvalue weighted by Crippen LogP contribution is 2.45. The van der Waals surface area contributed by atoms with Gasteiger partial charge in [-0.05, 0) is 82.5 Å². The van der Waals surface area contributed by atoms with E-state index in [4.69, 9.17) is 32.7 Å². The normalized spacial score (nSPS) is 21.9. The third kappa shape index (κ3) is 7.18. The third-order valence-electron chi connectivity index (χ3n) is 7.08. The van der Waals surface area contributed by atoms with Crippen LogP contribution >= 0.6 is 35.0 Å². The Balaban J connectivity index is 1.32. The van der Waals surface area contributed by atoms with E-state index in [1.54, 1.807) is 24.3 Å². The molecular weight excluding hydrogens is 645 g/mol. The lowest BCUT2D eigenvalue weighted by Crippen LogP contribution is -2.51. The number of rotatable bonds is 10. The predicted octanol–water partition coefficient (Wildman–Crippen LogP) is 6.43. The molecule has 45 heavy (non-hydrogen) atoms. The Hall–Kier alpha value is -3.87. The number of hydrazone groups is 2. The summed E-state index contributed by atoms with van der Waals surface area (Å²) in [7, 11) is 0. The Kier molecular flexibility index (Phi) is 8.89. The average molecular weight is 672 g/mol. The summed E-state index contributed by atoms with van der Waals surface area (Å²) >= 11 is 13.4. The van der Waals surface area contributed by atoms with Gasteiger partial charge in [-0.1, -0.05) is 71.7 Å². The number of nitrogens with one attached hydrogen (secondary N) is 2. The Morgan fingerprint density at radius 2 is 0.978 bits per heavy atom. The van der Waals surface area contributed by atoms with Gasteiger partial charge in [0.1, 0.15) is 11.6 Å². The lowest BCUT2D eigenvalue weighted by molar-refractivity contribution is 0.0902. The minimum atomic E-state index is -1.38. The largest absolute Gasteiger partial charge is 0.439 e. The minimum absolute atomic E-state index is 0.0461. The first-order valence-electron chi connectivity index (χ1n) is 13.7. The van der Waals surface area contributed by atoms with Crippen molar-refractivity contribution in [1.29, 1.82) is 0 Å². The van der Waals surface area contributed by atoms with E-state index in [1.807, 2.05) is 24.3 Å². The topological polar surface area (TPSA) is 108 Å². The van der Waals surface area contributed by atoms with E-state index in [0.717, 1.165) is 22.9 Å². The lowest BCUT2D eigenvalue weighted by Gasteiger charge is -2.37. The van der Waals surface area contributed by atoms with E-state index in [0.29, 0.717) is 21.2 Å². The van der Waals surface area contributed by atoms with Gasteiger partial charge in [-0.25, -0.2) is 8.78 Å². The van der Waals surface area contributed by atoms with E-state index >= 15 is 0 Å². The summed E-state index contributed by atoms with van der Waals surface area (Å²) in [4.78, 5) is 0. The van der Waals surface area contributed by atoms with Crippen molar-refractivity contribution >= 4 is 46.8 Å². The molecule has 0 spiro atoms. The van der Waals surface area contributed by atoms with Crippen LogP contribution in [0.2, 0.25) is 10.0 Å². The lowest BCUT2D eigenvalue weighted by atomic mass is 10.1. The van der Waals surface area contributed by atoms with Gasteiger partial charge in [0.2, 0.25) is 11.8 Å². The third-order valence-corrected chi connectivity index (χ3v) is 8.88. The number of aliphatic hydroxyl groups is 2. The van der Waals surface area contributed by atoms with Crippen LogP contribution in [0.5, 0.6) is 0 Å². The average Bonchev–Trinajstić information content (AvgIpc) is 3.64. The Labute approximate surface area is 271 Å². The Morgan fingerprint density at radius 3 is 1.33 bits per heavy atom. The molecule has 13 heteroatoms. The molecule has 0 bridgehead atoms. The van der Waals surface area contributed by atoms with Crippen molar-refractivity contribution < 1.29 is 28.5 Å². The van der Waals surface area contributed by atoms with Crippen molar-refractivity contribution in [3.8, 4) is 0 Å². The van der Waals surface area contributed by atoms with E-state index in [9.17, 15) is 19.0 Å². The van der Waals surface area contributed by atoms with E-state index < -0.39 is 34.0 Å². The van der Waals surface area contributed by atoms with Crippen LogP contribution in [-0.4, -0.2) is 32.1 Å². The molecule has 0 aromatic heterocycles. The van der Waals surface area contributed by atoms with Crippen LogP contribution in [0.3, 0.4) is 0 Å². The van der Waals surface area contributed by atoms with E-state index in [1.165, 1.54) is 48.5 Å². The number of hydrogen-bond donors (Lipinski definition) is 4. The second-order valence-electron chi connectivity index (χ2n) is 10.5.